The lowest BCUT2D eigenvalue weighted by atomic mass is 9.74. The largest absolute Gasteiger partial charge is 0.370 e. The number of anilines is 1. The monoisotopic (exact) mass is 607 g/mol. The van der Waals surface area contributed by atoms with Crippen molar-refractivity contribution >= 4 is 45.6 Å². The Morgan fingerprint density at radius 2 is 1.71 bits per heavy atom. The summed E-state index contributed by atoms with van der Waals surface area (Å²) in [7, 11) is 1.77. The Balaban J connectivity index is 1.27. The van der Waals surface area contributed by atoms with E-state index in [4.69, 9.17) is 23.2 Å². The summed E-state index contributed by atoms with van der Waals surface area (Å²) in [6.45, 7) is 3.63. The molecule has 2 aliphatic rings. The highest BCUT2D eigenvalue weighted by molar-refractivity contribution is 6.42. The molecule has 1 atom stereocenters. The number of likely N-dealkylation sites (N-methyl/N-ethyl adjacent to an activating group) is 1. The molecule has 218 valence electrons. The van der Waals surface area contributed by atoms with E-state index < -0.39 is 0 Å². The van der Waals surface area contributed by atoms with Crippen molar-refractivity contribution in [1.29, 1.82) is 0 Å². The molecule has 2 aliphatic heterocycles. The predicted molar refractivity (Wildman–Crippen MR) is 167 cm³/mol. The SMILES string of the molecule is CN(C[C@@H](CCN1CC2(CCNCC2)c2c(F)cccc21)c1ccc(Cl)c(Cl)c1)C(=O)c1ccc(F)c2ccccc12. The summed E-state index contributed by atoms with van der Waals surface area (Å²) in [6, 6.07) is 20.9. The Labute approximate surface area is 255 Å². The molecule has 42 heavy (non-hydrogen) atoms. The van der Waals surface area contributed by atoms with E-state index in [2.05, 4.69) is 10.2 Å². The van der Waals surface area contributed by atoms with Crippen LogP contribution in [-0.2, 0) is 5.41 Å². The van der Waals surface area contributed by atoms with Gasteiger partial charge in [-0.25, -0.2) is 8.78 Å². The maximum Gasteiger partial charge on any atom is 0.254 e. The van der Waals surface area contributed by atoms with Crippen LogP contribution in [0.4, 0.5) is 14.5 Å². The number of hydrogen-bond donors (Lipinski definition) is 1. The molecule has 6 rings (SSSR count). The van der Waals surface area contributed by atoms with Gasteiger partial charge in [0.2, 0.25) is 0 Å². The number of nitrogens with zero attached hydrogens (tertiary/aromatic N) is 2. The van der Waals surface area contributed by atoms with Gasteiger partial charge in [0.1, 0.15) is 11.6 Å². The number of carbonyl (C=O) groups is 1. The number of carbonyl (C=O) groups excluding carboxylic acids is 1. The summed E-state index contributed by atoms with van der Waals surface area (Å²) in [5.74, 6) is -0.734. The number of hydrogen-bond acceptors (Lipinski definition) is 3. The van der Waals surface area contributed by atoms with Crippen molar-refractivity contribution in [3.8, 4) is 0 Å². The number of benzene rings is 4. The number of rotatable bonds is 7. The standard InChI is InChI=1S/C34H33Cl2F2N3O/c1-40(33(42)26-10-12-29(37)25-6-3-2-5-24(25)26)20-23(22-9-11-27(35)28(36)19-22)13-18-41-21-34(14-16-39-17-15-34)32-30(38)7-4-8-31(32)41/h2-12,19,23,39H,13-18,20-21H2,1H3/t23-/m1/s1. The molecule has 0 saturated carbocycles. The van der Waals surface area contributed by atoms with Gasteiger partial charge in [-0.15, -0.1) is 0 Å². The van der Waals surface area contributed by atoms with E-state index in [1.807, 2.05) is 24.3 Å². The summed E-state index contributed by atoms with van der Waals surface area (Å²) < 4.78 is 29.7. The first-order valence-electron chi connectivity index (χ1n) is 14.4. The smallest absolute Gasteiger partial charge is 0.254 e. The van der Waals surface area contributed by atoms with Gasteiger partial charge < -0.3 is 15.1 Å². The van der Waals surface area contributed by atoms with Gasteiger partial charge in [0.15, 0.2) is 0 Å². The highest BCUT2D eigenvalue weighted by atomic mass is 35.5. The lowest BCUT2D eigenvalue weighted by Gasteiger charge is -2.35. The van der Waals surface area contributed by atoms with E-state index in [1.54, 1.807) is 54.4 Å². The van der Waals surface area contributed by atoms with Crippen LogP contribution >= 0.6 is 23.2 Å². The molecule has 0 unspecified atom stereocenters. The molecule has 2 heterocycles. The normalized spacial score (nSPS) is 16.5. The fourth-order valence-electron chi connectivity index (χ4n) is 6.85. The first kappa shape index (κ1) is 28.9. The average molecular weight is 609 g/mol. The summed E-state index contributed by atoms with van der Waals surface area (Å²) >= 11 is 12.7. The number of fused-ring (bicyclic) bond motifs is 3. The zero-order valence-electron chi connectivity index (χ0n) is 23.5. The topological polar surface area (TPSA) is 35.6 Å². The van der Waals surface area contributed by atoms with Crippen LogP contribution in [0.1, 0.15) is 46.7 Å². The first-order valence-corrected chi connectivity index (χ1v) is 15.2. The third kappa shape index (κ3) is 5.36. The number of piperidine rings is 1. The Morgan fingerprint density at radius 3 is 2.48 bits per heavy atom. The van der Waals surface area contributed by atoms with E-state index in [1.165, 1.54) is 6.07 Å². The fraction of sp³-hybridized carbons (Fsp3) is 0.324. The van der Waals surface area contributed by atoms with Gasteiger partial charge >= 0.3 is 0 Å². The summed E-state index contributed by atoms with van der Waals surface area (Å²) in [5, 5.41) is 5.36. The molecule has 8 heteroatoms. The summed E-state index contributed by atoms with van der Waals surface area (Å²) in [5.41, 5.74) is 3.05. The van der Waals surface area contributed by atoms with Crippen LogP contribution in [0.5, 0.6) is 0 Å². The first-order chi connectivity index (χ1) is 20.3. The molecule has 0 aliphatic carbocycles. The van der Waals surface area contributed by atoms with Crippen molar-refractivity contribution in [2.45, 2.75) is 30.6 Å². The van der Waals surface area contributed by atoms with E-state index in [0.717, 1.165) is 49.3 Å². The predicted octanol–water partition coefficient (Wildman–Crippen LogP) is 7.81. The lowest BCUT2D eigenvalue weighted by molar-refractivity contribution is 0.0787. The lowest BCUT2D eigenvalue weighted by Crippen LogP contribution is -2.43. The van der Waals surface area contributed by atoms with Crippen molar-refractivity contribution in [2.75, 3.05) is 44.7 Å². The van der Waals surface area contributed by atoms with Crippen molar-refractivity contribution in [2.24, 2.45) is 0 Å². The van der Waals surface area contributed by atoms with Gasteiger partial charge in [-0.05, 0) is 79.7 Å². The average Bonchev–Trinajstić information content (AvgIpc) is 3.30. The van der Waals surface area contributed by atoms with Gasteiger partial charge in [-0.1, -0.05) is 59.6 Å². The molecule has 4 nitrogen and oxygen atoms in total. The molecule has 1 saturated heterocycles. The minimum absolute atomic E-state index is 0.0676. The molecule has 0 bridgehead atoms. The molecule has 1 amide bonds. The summed E-state index contributed by atoms with van der Waals surface area (Å²) in [6.07, 6.45) is 2.51. The maximum atomic E-state index is 15.3. The van der Waals surface area contributed by atoms with Crippen LogP contribution < -0.4 is 10.2 Å². The second-order valence-electron chi connectivity index (χ2n) is 11.6. The summed E-state index contributed by atoms with van der Waals surface area (Å²) in [4.78, 5) is 17.7. The van der Waals surface area contributed by atoms with Gasteiger partial charge in [-0.3, -0.25) is 4.79 Å². The number of nitrogens with one attached hydrogen (secondary N) is 1. The molecule has 0 aromatic heterocycles. The highest BCUT2D eigenvalue weighted by Crippen LogP contribution is 2.47. The van der Waals surface area contributed by atoms with Crippen molar-refractivity contribution in [3.63, 3.8) is 0 Å². The van der Waals surface area contributed by atoms with Crippen molar-refractivity contribution < 1.29 is 13.6 Å². The van der Waals surface area contributed by atoms with E-state index >= 15 is 4.39 Å². The van der Waals surface area contributed by atoms with Crippen LogP contribution in [0.2, 0.25) is 10.0 Å². The van der Waals surface area contributed by atoms with Gasteiger partial charge in [0.25, 0.3) is 5.91 Å². The number of halogens is 4. The van der Waals surface area contributed by atoms with Crippen molar-refractivity contribution in [1.82, 2.24) is 10.2 Å². The molecule has 1 N–H and O–H groups in total. The second-order valence-corrected chi connectivity index (χ2v) is 12.4. The maximum absolute atomic E-state index is 15.3. The van der Waals surface area contributed by atoms with E-state index in [0.29, 0.717) is 45.9 Å². The molecular formula is C34H33Cl2F2N3O. The van der Waals surface area contributed by atoms with Gasteiger partial charge in [0, 0.05) is 60.2 Å². The quantitative estimate of drug-likeness (QED) is 0.233. The van der Waals surface area contributed by atoms with Crippen LogP contribution in [0.3, 0.4) is 0 Å². The van der Waals surface area contributed by atoms with Crippen molar-refractivity contribution in [3.05, 3.63) is 111 Å². The highest BCUT2D eigenvalue weighted by Gasteiger charge is 2.45. The van der Waals surface area contributed by atoms with Crippen LogP contribution in [-0.4, -0.2) is 50.6 Å². The fourth-order valence-corrected chi connectivity index (χ4v) is 7.16. The molecule has 1 spiro atoms. The molecule has 4 aromatic carbocycles. The van der Waals surface area contributed by atoms with Crippen LogP contribution in [0, 0.1) is 11.6 Å². The zero-order chi connectivity index (χ0) is 29.4. The van der Waals surface area contributed by atoms with Crippen LogP contribution in [0.25, 0.3) is 10.8 Å². The molecule has 4 aromatic rings. The van der Waals surface area contributed by atoms with Gasteiger partial charge in [-0.2, -0.15) is 0 Å². The third-order valence-corrected chi connectivity index (χ3v) is 9.76. The number of amides is 1. The Hall–Kier alpha value is -3.19. The second kappa shape index (κ2) is 11.8. The third-order valence-electron chi connectivity index (χ3n) is 9.02. The molecule has 1 fully saturated rings. The molecular weight excluding hydrogens is 575 g/mol. The Kier molecular flexibility index (Phi) is 8.14. The minimum atomic E-state index is -0.354. The Morgan fingerprint density at radius 1 is 0.952 bits per heavy atom. The van der Waals surface area contributed by atoms with Gasteiger partial charge in [0.05, 0.1) is 10.0 Å². The van der Waals surface area contributed by atoms with E-state index in [-0.39, 0.29) is 28.9 Å². The van der Waals surface area contributed by atoms with E-state index in [9.17, 15) is 9.18 Å². The zero-order valence-corrected chi connectivity index (χ0v) is 25.0. The molecule has 0 radical (unpaired) electrons. The minimum Gasteiger partial charge on any atom is -0.370 e. The Bertz CT molecular complexity index is 1640. The van der Waals surface area contributed by atoms with Crippen LogP contribution in [0.15, 0.2) is 72.8 Å².